The predicted octanol–water partition coefficient (Wildman–Crippen LogP) is 0.415. The lowest BCUT2D eigenvalue weighted by molar-refractivity contribution is -0.138. The van der Waals surface area contributed by atoms with Crippen LogP contribution in [0, 0.1) is 0 Å². The van der Waals surface area contributed by atoms with Crippen molar-refractivity contribution in [3.05, 3.63) is 0 Å². The van der Waals surface area contributed by atoms with Gasteiger partial charge < -0.3 is 16.0 Å². The van der Waals surface area contributed by atoms with Crippen molar-refractivity contribution in [2.75, 3.05) is 6.54 Å². The summed E-state index contributed by atoms with van der Waals surface area (Å²) in [6.07, 6.45) is 4.17. The van der Waals surface area contributed by atoms with Crippen LogP contribution < -0.4 is 11.1 Å². The summed E-state index contributed by atoms with van der Waals surface area (Å²) < 4.78 is 0. The van der Waals surface area contributed by atoms with E-state index < -0.39 is 0 Å². The van der Waals surface area contributed by atoms with E-state index in [0.717, 1.165) is 25.7 Å². The highest BCUT2D eigenvalue weighted by molar-refractivity contribution is 5.88. The van der Waals surface area contributed by atoms with Crippen LogP contribution in [-0.2, 0) is 9.59 Å². The second kappa shape index (κ2) is 6.38. The van der Waals surface area contributed by atoms with Crippen molar-refractivity contribution in [2.45, 2.75) is 57.2 Å². The summed E-state index contributed by atoms with van der Waals surface area (Å²) in [7, 11) is 0. The van der Waals surface area contributed by atoms with E-state index >= 15 is 0 Å². The minimum atomic E-state index is -0.262. The van der Waals surface area contributed by atoms with Gasteiger partial charge in [0.1, 0.15) is 6.04 Å². The largest absolute Gasteiger partial charge is 0.352 e. The fourth-order valence-electron chi connectivity index (χ4n) is 2.26. The Labute approximate surface area is 114 Å². The van der Waals surface area contributed by atoms with Crippen molar-refractivity contribution in [2.24, 2.45) is 5.73 Å². The Balaban J connectivity index is 0.00000162. The van der Waals surface area contributed by atoms with Gasteiger partial charge in [-0.2, -0.15) is 0 Å². The molecule has 2 rings (SSSR count). The van der Waals surface area contributed by atoms with Gasteiger partial charge in [-0.1, -0.05) is 0 Å². The van der Waals surface area contributed by atoms with Crippen molar-refractivity contribution in [1.29, 1.82) is 0 Å². The Morgan fingerprint density at radius 1 is 1.39 bits per heavy atom. The van der Waals surface area contributed by atoms with Crippen molar-refractivity contribution in [3.63, 3.8) is 0 Å². The zero-order valence-corrected chi connectivity index (χ0v) is 11.5. The van der Waals surface area contributed by atoms with E-state index in [0.29, 0.717) is 19.0 Å². The maximum atomic E-state index is 12.0. The molecular formula is C12H22ClN3O2. The standard InChI is InChI=1S/C12H21N3O2.ClH/c1-8(13)7-11(16)15-6-2-3-10(15)12(17)14-9-4-5-9;/h8-10H,2-7,13H2,1H3,(H,14,17);1H. The molecule has 2 fully saturated rings. The van der Waals surface area contributed by atoms with Crippen LogP contribution >= 0.6 is 12.4 Å². The number of nitrogens with one attached hydrogen (secondary N) is 1. The van der Waals surface area contributed by atoms with Crippen LogP contribution in [0.5, 0.6) is 0 Å². The molecule has 0 bridgehead atoms. The van der Waals surface area contributed by atoms with Crippen LogP contribution in [0.15, 0.2) is 0 Å². The molecule has 1 saturated carbocycles. The van der Waals surface area contributed by atoms with Crippen LogP contribution in [-0.4, -0.2) is 41.4 Å². The minimum Gasteiger partial charge on any atom is -0.352 e. The Bertz CT molecular complexity index is 296. The van der Waals surface area contributed by atoms with Gasteiger partial charge in [-0.05, 0) is 32.6 Å². The van der Waals surface area contributed by atoms with E-state index in [1.807, 2.05) is 6.92 Å². The average molecular weight is 276 g/mol. The third-order valence-electron chi connectivity index (χ3n) is 3.30. The van der Waals surface area contributed by atoms with Gasteiger partial charge in [-0.25, -0.2) is 0 Å². The van der Waals surface area contributed by atoms with Gasteiger partial charge in [-0.15, -0.1) is 12.4 Å². The van der Waals surface area contributed by atoms with E-state index in [9.17, 15) is 9.59 Å². The first-order chi connectivity index (χ1) is 8.08. The SMILES string of the molecule is CC(N)CC(=O)N1CCCC1C(=O)NC1CC1.Cl. The molecule has 2 atom stereocenters. The topological polar surface area (TPSA) is 75.4 Å². The number of amides is 2. The van der Waals surface area contributed by atoms with E-state index in [-0.39, 0.29) is 36.3 Å². The third kappa shape index (κ3) is 3.85. The number of nitrogens with two attached hydrogens (primary N) is 1. The fraction of sp³-hybridized carbons (Fsp3) is 0.833. The minimum absolute atomic E-state index is 0. The van der Waals surface area contributed by atoms with E-state index in [2.05, 4.69) is 5.32 Å². The molecule has 6 heteroatoms. The molecule has 104 valence electrons. The number of halogens is 1. The monoisotopic (exact) mass is 275 g/mol. The lowest BCUT2D eigenvalue weighted by Gasteiger charge is -2.24. The maximum Gasteiger partial charge on any atom is 0.243 e. The Kier molecular flexibility index (Phi) is 5.41. The van der Waals surface area contributed by atoms with E-state index in [1.54, 1.807) is 4.90 Å². The Hall–Kier alpha value is -0.810. The number of hydrogen-bond donors (Lipinski definition) is 2. The Morgan fingerprint density at radius 3 is 2.61 bits per heavy atom. The summed E-state index contributed by atoms with van der Waals surface area (Å²) in [5, 5.41) is 2.97. The number of hydrogen-bond acceptors (Lipinski definition) is 3. The van der Waals surface area contributed by atoms with Crippen LogP contribution in [0.1, 0.15) is 39.0 Å². The number of carbonyl (C=O) groups is 2. The molecule has 0 spiro atoms. The molecule has 5 nitrogen and oxygen atoms in total. The van der Waals surface area contributed by atoms with Gasteiger partial charge in [0.2, 0.25) is 11.8 Å². The summed E-state index contributed by atoms with van der Waals surface area (Å²) in [6, 6.07) is -0.0504. The van der Waals surface area contributed by atoms with Gasteiger partial charge in [0, 0.05) is 25.0 Å². The summed E-state index contributed by atoms with van der Waals surface area (Å²) in [5.74, 6) is 0.0245. The second-order valence-corrected chi connectivity index (χ2v) is 5.21. The molecular weight excluding hydrogens is 254 g/mol. The summed E-state index contributed by atoms with van der Waals surface area (Å²) in [6.45, 7) is 2.50. The molecule has 3 N–H and O–H groups in total. The lowest BCUT2D eigenvalue weighted by atomic mass is 10.2. The molecule has 1 aliphatic heterocycles. The number of carbonyl (C=O) groups excluding carboxylic acids is 2. The quantitative estimate of drug-likeness (QED) is 0.781. The van der Waals surface area contributed by atoms with Crippen LogP contribution in [0.25, 0.3) is 0 Å². The third-order valence-corrected chi connectivity index (χ3v) is 3.30. The normalized spacial score (nSPS) is 24.3. The molecule has 18 heavy (non-hydrogen) atoms. The highest BCUT2D eigenvalue weighted by Gasteiger charge is 2.36. The highest BCUT2D eigenvalue weighted by Crippen LogP contribution is 2.22. The molecule has 1 aliphatic carbocycles. The van der Waals surface area contributed by atoms with Gasteiger partial charge in [0.15, 0.2) is 0 Å². The molecule has 2 unspecified atom stereocenters. The molecule has 1 saturated heterocycles. The van der Waals surface area contributed by atoms with Crippen molar-refractivity contribution < 1.29 is 9.59 Å². The predicted molar refractivity (Wildman–Crippen MR) is 71.4 cm³/mol. The van der Waals surface area contributed by atoms with Crippen LogP contribution in [0.3, 0.4) is 0 Å². The smallest absolute Gasteiger partial charge is 0.243 e. The van der Waals surface area contributed by atoms with E-state index in [4.69, 9.17) is 5.73 Å². The first kappa shape index (κ1) is 15.2. The van der Waals surface area contributed by atoms with Crippen LogP contribution in [0.2, 0.25) is 0 Å². The molecule has 2 aliphatic rings. The number of rotatable bonds is 4. The maximum absolute atomic E-state index is 12.0. The number of nitrogens with zero attached hydrogens (tertiary/aromatic N) is 1. The van der Waals surface area contributed by atoms with E-state index in [1.165, 1.54) is 0 Å². The Morgan fingerprint density at radius 2 is 2.06 bits per heavy atom. The van der Waals surface area contributed by atoms with Crippen molar-refractivity contribution >= 4 is 24.2 Å². The lowest BCUT2D eigenvalue weighted by Crippen LogP contribution is -2.47. The van der Waals surface area contributed by atoms with Crippen molar-refractivity contribution in [3.8, 4) is 0 Å². The molecule has 0 aromatic heterocycles. The summed E-state index contributed by atoms with van der Waals surface area (Å²) in [5.41, 5.74) is 5.63. The first-order valence-corrected chi connectivity index (χ1v) is 6.43. The number of likely N-dealkylation sites (tertiary alicyclic amines) is 1. The second-order valence-electron chi connectivity index (χ2n) is 5.21. The zero-order valence-electron chi connectivity index (χ0n) is 10.7. The van der Waals surface area contributed by atoms with Crippen LogP contribution in [0.4, 0.5) is 0 Å². The molecule has 0 radical (unpaired) electrons. The van der Waals surface area contributed by atoms with Gasteiger partial charge in [0.25, 0.3) is 0 Å². The zero-order chi connectivity index (χ0) is 12.4. The average Bonchev–Trinajstić information content (AvgIpc) is 2.92. The summed E-state index contributed by atoms with van der Waals surface area (Å²) in [4.78, 5) is 25.6. The van der Waals surface area contributed by atoms with Gasteiger partial charge in [0.05, 0.1) is 0 Å². The highest BCUT2D eigenvalue weighted by atomic mass is 35.5. The molecule has 0 aromatic carbocycles. The first-order valence-electron chi connectivity index (χ1n) is 6.43. The van der Waals surface area contributed by atoms with Gasteiger partial charge >= 0.3 is 0 Å². The van der Waals surface area contributed by atoms with Crippen molar-refractivity contribution in [1.82, 2.24) is 10.2 Å². The summed E-state index contributed by atoms with van der Waals surface area (Å²) >= 11 is 0. The van der Waals surface area contributed by atoms with Gasteiger partial charge in [-0.3, -0.25) is 9.59 Å². The molecule has 0 aromatic rings. The molecule has 2 amide bonds. The molecule has 1 heterocycles. The fourth-order valence-corrected chi connectivity index (χ4v) is 2.26.